The van der Waals surface area contributed by atoms with Crippen molar-refractivity contribution in [3.8, 4) is 0 Å². The van der Waals surface area contributed by atoms with Gasteiger partial charge < -0.3 is 5.73 Å². The number of halogens is 1. The molecule has 2 saturated carbocycles. The fourth-order valence-electron chi connectivity index (χ4n) is 4.45. The summed E-state index contributed by atoms with van der Waals surface area (Å²) in [6, 6.07) is 0.221. The summed E-state index contributed by atoms with van der Waals surface area (Å²) < 4.78 is 2.01. The first-order chi connectivity index (χ1) is 9.58. The summed E-state index contributed by atoms with van der Waals surface area (Å²) in [7, 11) is 0. The molecular weight excluding hydrogens is 270 g/mol. The van der Waals surface area contributed by atoms with Gasteiger partial charge in [0.1, 0.15) is 0 Å². The normalized spacial score (nSPS) is 30.1. The highest BCUT2D eigenvalue weighted by molar-refractivity contribution is 6.31. The molecule has 2 bridgehead atoms. The molecule has 0 saturated heterocycles. The van der Waals surface area contributed by atoms with E-state index in [9.17, 15) is 0 Å². The van der Waals surface area contributed by atoms with Crippen LogP contribution in [0.4, 0.5) is 0 Å². The molecule has 1 aromatic heterocycles. The lowest BCUT2D eigenvalue weighted by molar-refractivity contribution is 0.293. The van der Waals surface area contributed by atoms with Gasteiger partial charge in [-0.25, -0.2) is 0 Å². The van der Waals surface area contributed by atoms with E-state index in [0.717, 1.165) is 53.6 Å². The molecule has 0 spiro atoms. The van der Waals surface area contributed by atoms with Crippen LogP contribution in [0.25, 0.3) is 0 Å². The van der Waals surface area contributed by atoms with Gasteiger partial charge in [0.25, 0.3) is 0 Å². The number of hydrogen-bond donors (Lipinski definition) is 1. The molecule has 0 aliphatic heterocycles. The van der Waals surface area contributed by atoms with Gasteiger partial charge in [-0.3, -0.25) is 4.68 Å². The van der Waals surface area contributed by atoms with Gasteiger partial charge in [0.2, 0.25) is 0 Å². The van der Waals surface area contributed by atoms with E-state index in [-0.39, 0.29) is 6.04 Å². The highest BCUT2D eigenvalue weighted by atomic mass is 35.5. The molecule has 4 atom stereocenters. The molecule has 3 nitrogen and oxygen atoms in total. The van der Waals surface area contributed by atoms with Gasteiger partial charge in [0.15, 0.2) is 0 Å². The average molecular weight is 296 g/mol. The molecule has 0 aromatic carbocycles. The van der Waals surface area contributed by atoms with Crippen LogP contribution in [0.3, 0.4) is 0 Å². The van der Waals surface area contributed by atoms with E-state index in [1.54, 1.807) is 0 Å². The molecule has 2 fully saturated rings. The van der Waals surface area contributed by atoms with Gasteiger partial charge in [0, 0.05) is 19.0 Å². The first-order valence-corrected chi connectivity index (χ1v) is 8.43. The van der Waals surface area contributed by atoms with Crippen LogP contribution in [0, 0.1) is 24.7 Å². The largest absolute Gasteiger partial charge is 0.327 e. The second-order valence-corrected chi connectivity index (χ2v) is 7.17. The van der Waals surface area contributed by atoms with Crippen molar-refractivity contribution in [1.82, 2.24) is 9.78 Å². The molecule has 2 aliphatic rings. The standard InChI is InChI=1S/C16H26ClN3/c1-3-20-15(16(17)10(2)19-20)9-14(18)8-13-7-11-4-5-12(13)6-11/h11-14H,3-9,18H2,1-2H3. The zero-order valence-electron chi connectivity index (χ0n) is 12.6. The quantitative estimate of drug-likeness (QED) is 0.902. The topological polar surface area (TPSA) is 43.8 Å². The van der Waals surface area contributed by atoms with Crippen molar-refractivity contribution in [2.24, 2.45) is 23.5 Å². The van der Waals surface area contributed by atoms with Gasteiger partial charge in [0.05, 0.1) is 16.4 Å². The second kappa shape index (κ2) is 5.69. The molecular formula is C16H26ClN3. The van der Waals surface area contributed by atoms with E-state index >= 15 is 0 Å². The molecule has 1 heterocycles. The van der Waals surface area contributed by atoms with Gasteiger partial charge in [-0.15, -0.1) is 0 Å². The third-order valence-electron chi connectivity index (χ3n) is 5.40. The maximum atomic E-state index is 6.42. The maximum absolute atomic E-state index is 6.42. The van der Waals surface area contributed by atoms with Gasteiger partial charge >= 0.3 is 0 Å². The Morgan fingerprint density at radius 2 is 2.20 bits per heavy atom. The third kappa shape index (κ3) is 2.62. The minimum Gasteiger partial charge on any atom is -0.327 e. The van der Waals surface area contributed by atoms with Gasteiger partial charge in [-0.2, -0.15) is 5.10 Å². The lowest BCUT2D eigenvalue weighted by atomic mass is 9.83. The fourth-order valence-corrected chi connectivity index (χ4v) is 4.66. The highest BCUT2D eigenvalue weighted by Gasteiger charge is 2.39. The third-order valence-corrected chi connectivity index (χ3v) is 5.89. The molecule has 2 N–H and O–H groups in total. The van der Waals surface area contributed by atoms with Crippen LogP contribution in [0.2, 0.25) is 5.02 Å². The van der Waals surface area contributed by atoms with E-state index in [1.165, 1.54) is 25.7 Å². The van der Waals surface area contributed by atoms with Crippen molar-refractivity contribution in [3.05, 3.63) is 16.4 Å². The number of nitrogens with two attached hydrogens (primary N) is 1. The number of rotatable bonds is 5. The smallest absolute Gasteiger partial charge is 0.0847 e. The minimum absolute atomic E-state index is 0.221. The average Bonchev–Trinajstić information content (AvgIpc) is 3.09. The Labute approximate surface area is 126 Å². The molecule has 1 aromatic rings. The molecule has 3 rings (SSSR count). The van der Waals surface area contributed by atoms with Crippen LogP contribution >= 0.6 is 11.6 Å². The molecule has 0 amide bonds. The van der Waals surface area contributed by atoms with Crippen molar-refractivity contribution in [2.45, 2.75) is 65.0 Å². The van der Waals surface area contributed by atoms with Crippen LogP contribution in [-0.4, -0.2) is 15.8 Å². The Balaban J connectivity index is 1.63. The SMILES string of the molecule is CCn1nc(C)c(Cl)c1CC(N)CC1CC2CCC1C2. The number of hydrogen-bond acceptors (Lipinski definition) is 2. The predicted octanol–water partition coefficient (Wildman–Crippen LogP) is 3.56. The van der Waals surface area contributed by atoms with Crippen molar-refractivity contribution >= 4 is 11.6 Å². The molecule has 4 unspecified atom stereocenters. The Kier molecular flexibility index (Phi) is 4.09. The summed E-state index contributed by atoms with van der Waals surface area (Å²) in [4.78, 5) is 0. The maximum Gasteiger partial charge on any atom is 0.0847 e. The summed E-state index contributed by atoms with van der Waals surface area (Å²) in [6.45, 7) is 4.94. The first kappa shape index (κ1) is 14.4. The van der Waals surface area contributed by atoms with Crippen LogP contribution in [-0.2, 0) is 13.0 Å². The Morgan fingerprint density at radius 1 is 1.40 bits per heavy atom. The molecule has 112 valence electrons. The summed E-state index contributed by atoms with van der Waals surface area (Å²) in [5.74, 6) is 2.82. The number of aromatic nitrogens is 2. The number of nitrogens with zero attached hydrogens (tertiary/aromatic N) is 2. The Morgan fingerprint density at radius 3 is 2.80 bits per heavy atom. The highest BCUT2D eigenvalue weighted by Crippen LogP contribution is 2.49. The minimum atomic E-state index is 0.221. The van der Waals surface area contributed by atoms with Crippen molar-refractivity contribution in [2.75, 3.05) is 0 Å². The monoisotopic (exact) mass is 295 g/mol. The van der Waals surface area contributed by atoms with Crippen LogP contribution < -0.4 is 5.73 Å². The lowest BCUT2D eigenvalue weighted by Gasteiger charge is -2.24. The van der Waals surface area contributed by atoms with E-state index in [2.05, 4.69) is 12.0 Å². The van der Waals surface area contributed by atoms with Crippen LogP contribution in [0.1, 0.15) is 50.4 Å². The van der Waals surface area contributed by atoms with E-state index < -0.39 is 0 Å². The summed E-state index contributed by atoms with van der Waals surface area (Å²) in [5.41, 5.74) is 8.47. The van der Waals surface area contributed by atoms with Crippen molar-refractivity contribution in [3.63, 3.8) is 0 Å². The molecule has 2 aliphatic carbocycles. The first-order valence-electron chi connectivity index (χ1n) is 8.05. The molecule has 0 radical (unpaired) electrons. The Bertz CT molecular complexity index is 482. The van der Waals surface area contributed by atoms with E-state index in [0.29, 0.717) is 0 Å². The zero-order chi connectivity index (χ0) is 14.3. The van der Waals surface area contributed by atoms with Crippen molar-refractivity contribution < 1.29 is 0 Å². The second-order valence-electron chi connectivity index (χ2n) is 6.80. The summed E-state index contributed by atoms with van der Waals surface area (Å²) >= 11 is 6.38. The molecule has 20 heavy (non-hydrogen) atoms. The summed E-state index contributed by atoms with van der Waals surface area (Å²) in [5, 5.41) is 5.30. The Hall–Kier alpha value is -0.540. The van der Waals surface area contributed by atoms with Crippen molar-refractivity contribution in [1.29, 1.82) is 0 Å². The number of aryl methyl sites for hydroxylation is 2. The van der Waals surface area contributed by atoms with E-state index in [4.69, 9.17) is 17.3 Å². The lowest BCUT2D eigenvalue weighted by Crippen LogP contribution is -2.29. The fraction of sp³-hybridized carbons (Fsp3) is 0.812. The molecule has 4 heteroatoms. The van der Waals surface area contributed by atoms with Gasteiger partial charge in [-0.05, 0) is 57.3 Å². The van der Waals surface area contributed by atoms with E-state index in [1.807, 2.05) is 11.6 Å². The van der Waals surface area contributed by atoms with Crippen LogP contribution in [0.5, 0.6) is 0 Å². The van der Waals surface area contributed by atoms with Gasteiger partial charge in [-0.1, -0.05) is 18.0 Å². The summed E-state index contributed by atoms with van der Waals surface area (Å²) in [6.07, 6.45) is 7.80. The predicted molar refractivity (Wildman–Crippen MR) is 82.9 cm³/mol. The number of fused-ring (bicyclic) bond motifs is 2. The van der Waals surface area contributed by atoms with Crippen LogP contribution in [0.15, 0.2) is 0 Å². The zero-order valence-corrected chi connectivity index (χ0v) is 13.4.